The van der Waals surface area contributed by atoms with Gasteiger partial charge in [-0.3, -0.25) is 14.3 Å². The Labute approximate surface area is 218 Å². The normalized spacial score (nSPS) is 30.7. The summed E-state index contributed by atoms with van der Waals surface area (Å²) in [6.45, 7) is 11.7. The number of carbonyl (C=O) groups excluding carboxylic acids is 1. The number of imidazole rings is 1. The number of nitrogens with two attached hydrogens (primary N) is 1. The van der Waals surface area contributed by atoms with Gasteiger partial charge in [0, 0.05) is 25.0 Å². The van der Waals surface area contributed by atoms with E-state index in [1.54, 1.807) is 6.33 Å². The van der Waals surface area contributed by atoms with Crippen LogP contribution in [0.15, 0.2) is 12.7 Å². The number of nitrogen functional groups attached to an aromatic ring is 1. The highest BCUT2D eigenvalue weighted by Crippen LogP contribution is 2.48. The van der Waals surface area contributed by atoms with Crippen LogP contribution in [0, 0.1) is 5.92 Å². The number of ether oxygens (including phenoxy) is 4. The number of nitrogens with zero attached hydrogens (tertiary/aromatic N) is 5. The summed E-state index contributed by atoms with van der Waals surface area (Å²) in [7, 11) is 0. The van der Waals surface area contributed by atoms with E-state index in [2.05, 4.69) is 33.7 Å². The maximum atomic E-state index is 11.6. The number of carbonyl (C=O) groups is 1. The molecule has 0 aromatic carbocycles. The molecule has 4 heterocycles. The quantitative estimate of drug-likeness (QED) is 0.471. The molecule has 37 heavy (non-hydrogen) atoms. The van der Waals surface area contributed by atoms with Crippen LogP contribution >= 0.6 is 0 Å². The highest BCUT2D eigenvalue weighted by Gasteiger charge is 2.63. The molecule has 1 saturated carbocycles. The average Bonchev–Trinajstić information content (AvgIpc) is 3.45. The third-order valence-electron chi connectivity index (χ3n) is 7.92. The van der Waals surface area contributed by atoms with Crippen molar-refractivity contribution in [3.8, 4) is 0 Å². The molecule has 0 radical (unpaired) electrons. The topological polar surface area (TPSA) is 127 Å². The van der Waals surface area contributed by atoms with Gasteiger partial charge in [0.05, 0.1) is 19.5 Å². The molecule has 2 aliphatic heterocycles. The average molecular weight is 517 g/mol. The molecule has 3 aliphatic rings. The van der Waals surface area contributed by atoms with Crippen molar-refractivity contribution in [1.82, 2.24) is 24.4 Å². The van der Waals surface area contributed by atoms with Crippen LogP contribution in [-0.2, 0) is 29.5 Å². The zero-order valence-corrected chi connectivity index (χ0v) is 22.6. The Morgan fingerprint density at radius 1 is 1.30 bits per heavy atom. The summed E-state index contributed by atoms with van der Waals surface area (Å²) in [6, 6.07) is 0.851. The lowest BCUT2D eigenvalue weighted by Crippen LogP contribution is -2.53. The number of rotatable bonds is 10. The van der Waals surface area contributed by atoms with Crippen molar-refractivity contribution in [3.05, 3.63) is 12.7 Å². The molecule has 204 valence electrons. The van der Waals surface area contributed by atoms with E-state index in [-0.39, 0.29) is 18.2 Å². The Bertz CT molecular complexity index is 1120. The number of esters is 1. The Kier molecular flexibility index (Phi) is 7.16. The molecule has 3 fully saturated rings. The molecular weight excluding hydrogens is 476 g/mol. The second kappa shape index (κ2) is 10.1. The first-order chi connectivity index (χ1) is 17.6. The highest BCUT2D eigenvalue weighted by molar-refractivity contribution is 5.81. The summed E-state index contributed by atoms with van der Waals surface area (Å²) >= 11 is 0. The molecule has 5 rings (SSSR count). The molecule has 3 atom stereocenters. The minimum atomic E-state index is -0.887. The molecule has 2 aromatic heterocycles. The Balaban J connectivity index is 1.27. The molecule has 11 nitrogen and oxygen atoms in total. The lowest BCUT2D eigenvalue weighted by atomic mass is 9.76. The van der Waals surface area contributed by atoms with Gasteiger partial charge in [-0.1, -0.05) is 0 Å². The molecular formula is C26H40N6O5. The molecule has 2 saturated heterocycles. The van der Waals surface area contributed by atoms with Crippen molar-refractivity contribution in [2.45, 2.75) is 103 Å². The first kappa shape index (κ1) is 26.3. The molecule has 0 bridgehead atoms. The van der Waals surface area contributed by atoms with Gasteiger partial charge in [0.1, 0.15) is 24.1 Å². The Morgan fingerprint density at radius 2 is 2.08 bits per heavy atom. The number of hydrogen-bond donors (Lipinski definition) is 1. The van der Waals surface area contributed by atoms with Crippen LogP contribution in [0.2, 0.25) is 0 Å². The van der Waals surface area contributed by atoms with Gasteiger partial charge in [0.15, 0.2) is 17.3 Å². The molecule has 0 spiro atoms. The SMILES string of the molecule is CCOC(=O)CCC[C@H]1C[C@@H](N(C[C@H]2OC[C@]3(n4cnc5c(N)ncnc54)OC(C)(C)O[C@H]23)C(C)C)C1. The summed E-state index contributed by atoms with van der Waals surface area (Å²) in [5.41, 5.74) is 6.31. The molecule has 11 heteroatoms. The van der Waals surface area contributed by atoms with E-state index in [9.17, 15) is 4.79 Å². The third kappa shape index (κ3) is 4.94. The minimum absolute atomic E-state index is 0.0921. The third-order valence-corrected chi connectivity index (χ3v) is 7.92. The van der Waals surface area contributed by atoms with E-state index in [0.29, 0.717) is 54.6 Å². The van der Waals surface area contributed by atoms with Crippen LogP contribution in [-0.4, -0.2) is 80.2 Å². The number of anilines is 1. The second-order valence-electron chi connectivity index (χ2n) is 11.3. The van der Waals surface area contributed by atoms with Gasteiger partial charge < -0.3 is 24.7 Å². The van der Waals surface area contributed by atoms with Crippen molar-refractivity contribution < 1.29 is 23.7 Å². The van der Waals surface area contributed by atoms with Crippen LogP contribution < -0.4 is 5.73 Å². The fraction of sp³-hybridized carbons (Fsp3) is 0.769. The van der Waals surface area contributed by atoms with Crippen molar-refractivity contribution in [2.75, 3.05) is 25.5 Å². The van der Waals surface area contributed by atoms with E-state index in [0.717, 1.165) is 32.2 Å². The summed E-state index contributed by atoms with van der Waals surface area (Å²) in [5, 5.41) is 0. The van der Waals surface area contributed by atoms with Crippen LogP contribution in [0.25, 0.3) is 11.2 Å². The smallest absolute Gasteiger partial charge is 0.305 e. The maximum absolute atomic E-state index is 11.6. The fourth-order valence-electron chi connectivity index (χ4n) is 6.20. The van der Waals surface area contributed by atoms with Gasteiger partial charge in [-0.15, -0.1) is 0 Å². The van der Waals surface area contributed by atoms with Crippen molar-refractivity contribution >= 4 is 23.0 Å². The van der Waals surface area contributed by atoms with E-state index >= 15 is 0 Å². The standard InChI is InChI=1S/C26H40N6O5/c1-6-34-20(33)9-7-8-17-10-18(11-17)31(16(2)3)12-19-22-26(13-35-19,37-25(4,5)36-22)32-15-30-21-23(27)28-14-29-24(21)32/h14-19,22H,6-13H2,1-5H3,(H2,27,28,29)/t17-,18+,19-,22-,26+/m1/s1. The van der Waals surface area contributed by atoms with E-state index in [1.807, 2.05) is 25.3 Å². The second-order valence-corrected chi connectivity index (χ2v) is 11.3. The highest BCUT2D eigenvalue weighted by atomic mass is 16.8. The fourth-order valence-corrected chi connectivity index (χ4v) is 6.20. The van der Waals surface area contributed by atoms with Gasteiger partial charge in [0.2, 0.25) is 5.72 Å². The van der Waals surface area contributed by atoms with Gasteiger partial charge >= 0.3 is 5.97 Å². The zero-order chi connectivity index (χ0) is 26.4. The summed E-state index contributed by atoms with van der Waals surface area (Å²) < 4.78 is 26.4. The van der Waals surface area contributed by atoms with Crippen LogP contribution in [0.3, 0.4) is 0 Å². The van der Waals surface area contributed by atoms with E-state index < -0.39 is 11.5 Å². The maximum Gasteiger partial charge on any atom is 0.305 e. The van der Waals surface area contributed by atoms with Gasteiger partial charge in [0.25, 0.3) is 0 Å². The molecule has 0 amide bonds. The van der Waals surface area contributed by atoms with E-state index in [4.69, 9.17) is 24.7 Å². The largest absolute Gasteiger partial charge is 0.466 e. The van der Waals surface area contributed by atoms with Crippen LogP contribution in [0.1, 0.15) is 66.7 Å². The molecule has 2 aromatic rings. The molecule has 0 unspecified atom stereocenters. The zero-order valence-electron chi connectivity index (χ0n) is 22.6. The predicted molar refractivity (Wildman–Crippen MR) is 136 cm³/mol. The predicted octanol–water partition coefficient (Wildman–Crippen LogP) is 2.83. The summed E-state index contributed by atoms with van der Waals surface area (Å²) in [4.78, 5) is 27.2. The van der Waals surface area contributed by atoms with Crippen molar-refractivity contribution in [2.24, 2.45) is 5.92 Å². The van der Waals surface area contributed by atoms with Crippen LogP contribution in [0.4, 0.5) is 5.82 Å². The number of hydrogen-bond acceptors (Lipinski definition) is 10. The Hall–Kier alpha value is -2.34. The van der Waals surface area contributed by atoms with Crippen molar-refractivity contribution in [3.63, 3.8) is 0 Å². The van der Waals surface area contributed by atoms with E-state index in [1.165, 1.54) is 6.33 Å². The van der Waals surface area contributed by atoms with Gasteiger partial charge in [-0.05, 0) is 66.2 Å². The summed E-state index contributed by atoms with van der Waals surface area (Å²) in [5.74, 6) is 0.103. The lowest BCUT2D eigenvalue weighted by molar-refractivity contribution is -0.206. The number of fused-ring (bicyclic) bond motifs is 2. The first-order valence-corrected chi connectivity index (χ1v) is 13.5. The number of aromatic nitrogens is 4. The monoisotopic (exact) mass is 516 g/mol. The molecule has 2 N–H and O–H groups in total. The van der Waals surface area contributed by atoms with Crippen LogP contribution in [0.5, 0.6) is 0 Å². The Morgan fingerprint density at radius 3 is 2.81 bits per heavy atom. The summed E-state index contributed by atoms with van der Waals surface area (Å²) in [6.07, 6.45) is 7.36. The lowest BCUT2D eigenvalue weighted by Gasteiger charge is -2.46. The minimum Gasteiger partial charge on any atom is -0.466 e. The van der Waals surface area contributed by atoms with Gasteiger partial charge in [-0.2, -0.15) is 0 Å². The first-order valence-electron chi connectivity index (χ1n) is 13.5. The van der Waals surface area contributed by atoms with Gasteiger partial charge in [-0.25, -0.2) is 15.0 Å². The van der Waals surface area contributed by atoms with Crippen molar-refractivity contribution in [1.29, 1.82) is 0 Å². The molecule has 1 aliphatic carbocycles.